The fraction of sp³-hybridized carbons (Fsp3) is 0.114. The van der Waals surface area contributed by atoms with E-state index in [1.165, 1.54) is 52.9 Å². The van der Waals surface area contributed by atoms with Gasteiger partial charge in [0.1, 0.15) is 0 Å². The van der Waals surface area contributed by atoms with Gasteiger partial charge < -0.3 is 9.80 Å². The van der Waals surface area contributed by atoms with Crippen molar-refractivity contribution in [2.75, 3.05) is 22.9 Å². The largest absolute Gasteiger partial charge is 0.337 e. The quantitative estimate of drug-likeness (QED) is 0.165. The van der Waals surface area contributed by atoms with Crippen molar-refractivity contribution < 1.29 is 0 Å². The van der Waals surface area contributed by atoms with Crippen LogP contribution in [0, 0.1) is 0 Å². The predicted molar refractivity (Wildman–Crippen MR) is 213 cm³/mol. The van der Waals surface area contributed by atoms with E-state index < -0.39 is 0 Å². The number of fused-ring (bicyclic) bond motifs is 6. The van der Waals surface area contributed by atoms with Gasteiger partial charge in [-0.15, -0.1) is 23.1 Å². The van der Waals surface area contributed by atoms with Crippen LogP contribution < -0.4 is 9.80 Å². The zero-order chi connectivity index (χ0) is 32.9. The molecule has 3 nitrogen and oxygen atoms in total. The lowest BCUT2D eigenvalue weighted by molar-refractivity contribution is 0.770. The Hall–Kier alpha value is -5.10. The minimum atomic E-state index is 0.446. The van der Waals surface area contributed by atoms with Crippen LogP contribution in [-0.4, -0.2) is 24.6 Å². The molecule has 5 heteroatoms. The minimum absolute atomic E-state index is 0.446. The molecular formula is C44H35N3S2. The van der Waals surface area contributed by atoms with E-state index in [4.69, 9.17) is 4.99 Å². The Morgan fingerprint density at radius 1 is 0.735 bits per heavy atom. The summed E-state index contributed by atoms with van der Waals surface area (Å²) in [4.78, 5) is 11.1. The second kappa shape index (κ2) is 12.4. The molecule has 9 rings (SSSR count). The topological polar surface area (TPSA) is 18.8 Å². The van der Waals surface area contributed by atoms with Gasteiger partial charge in [0, 0.05) is 66.9 Å². The number of hydrogen-bond acceptors (Lipinski definition) is 5. The van der Waals surface area contributed by atoms with Gasteiger partial charge in [-0.05, 0) is 71.1 Å². The molecule has 5 aromatic carbocycles. The summed E-state index contributed by atoms with van der Waals surface area (Å²) in [6.45, 7) is 7.89. The third-order valence-corrected chi connectivity index (χ3v) is 12.5. The monoisotopic (exact) mass is 669 g/mol. The molecule has 2 atom stereocenters. The van der Waals surface area contributed by atoms with Gasteiger partial charge in [0.05, 0.1) is 5.70 Å². The first-order valence-corrected chi connectivity index (χ1v) is 18.6. The Bertz CT molecular complexity index is 2390. The van der Waals surface area contributed by atoms with E-state index in [-0.39, 0.29) is 0 Å². The highest BCUT2D eigenvalue weighted by atomic mass is 32.2. The van der Waals surface area contributed by atoms with Gasteiger partial charge in [-0.25, -0.2) is 4.99 Å². The summed E-state index contributed by atoms with van der Waals surface area (Å²) in [5.74, 6) is 1.35. The van der Waals surface area contributed by atoms with Crippen LogP contribution in [-0.2, 0) is 0 Å². The maximum Gasteiger partial charge on any atom is 0.156 e. The van der Waals surface area contributed by atoms with E-state index in [1.807, 2.05) is 42.3 Å². The molecule has 2 aliphatic heterocycles. The standard InChI is InChI=1S/C44H35N3S2/c1-3-39-44(45-4-2)47(32-16-10-14-30(28-32)34-20-12-22-38-36-18-6-8-24-41(36)49-43(34)38)26-25-46(39)31-15-9-13-29(27-31)33-19-11-21-37-35-17-5-7-23-40(35)48-42(33)37/h3-24,27-28,36,41H,1,25-26H2,2H3/b45-4-. The zero-order valence-corrected chi connectivity index (χ0v) is 28.9. The molecule has 0 amide bonds. The zero-order valence-electron chi connectivity index (χ0n) is 27.3. The summed E-state index contributed by atoms with van der Waals surface area (Å²) in [5.41, 5.74) is 9.74. The lowest BCUT2D eigenvalue weighted by Crippen LogP contribution is -2.41. The SMILES string of the molecule is C=CC1=C(/N=C\C)N(c2cccc(-c3cccc4c3SC3C=CC=CC43)c2)CCN1c1cccc(-c2cccc3c2sc2ccccc23)c1. The van der Waals surface area contributed by atoms with E-state index in [2.05, 4.69) is 150 Å². The molecule has 2 unspecified atom stereocenters. The number of anilines is 2. The molecule has 0 bridgehead atoms. The lowest BCUT2D eigenvalue weighted by Gasteiger charge is -2.38. The van der Waals surface area contributed by atoms with Gasteiger partial charge in [0.2, 0.25) is 0 Å². The number of hydrogen-bond donors (Lipinski definition) is 0. The summed E-state index contributed by atoms with van der Waals surface area (Å²) in [7, 11) is 0. The van der Waals surface area contributed by atoms with Gasteiger partial charge in [-0.2, -0.15) is 0 Å². The lowest BCUT2D eigenvalue weighted by atomic mass is 9.90. The van der Waals surface area contributed by atoms with Gasteiger partial charge >= 0.3 is 0 Å². The Morgan fingerprint density at radius 2 is 1.43 bits per heavy atom. The van der Waals surface area contributed by atoms with Crippen LogP contribution >= 0.6 is 23.1 Å². The molecule has 1 aliphatic carbocycles. The maximum absolute atomic E-state index is 4.97. The van der Waals surface area contributed by atoms with Crippen LogP contribution in [0.15, 0.2) is 168 Å². The second-order valence-corrected chi connectivity index (χ2v) is 14.8. The summed E-state index contributed by atoms with van der Waals surface area (Å²) in [5, 5.41) is 3.11. The highest BCUT2D eigenvalue weighted by Gasteiger charge is 2.33. The van der Waals surface area contributed by atoms with E-state index >= 15 is 0 Å². The molecule has 0 fully saturated rings. The van der Waals surface area contributed by atoms with Gasteiger partial charge in [0.15, 0.2) is 5.82 Å². The molecule has 0 radical (unpaired) electrons. The van der Waals surface area contributed by atoms with Gasteiger partial charge in [-0.3, -0.25) is 0 Å². The number of rotatable bonds is 6. The molecule has 6 aromatic rings. The molecule has 0 saturated heterocycles. The number of thiophene rings is 1. The molecule has 3 aliphatic rings. The van der Waals surface area contributed by atoms with Crippen LogP contribution in [0.3, 0.4) is 0 Å². The molecule has 3 heterocycles. The molecule has 0 spiro atoms. The predicted octanol–water partition coefficient (Wildman–Crippen LogP) is 11.8. The van der Waals surface area contributed by atoms with Crippen molar-refractivity contribution >= 4 is 60.9 Å². The number of benzene rings is 5. The highest BCUT2D eigenvalue weighted by Crippen LogP contribution is 2.52. The molecule has 238 valence electrons. The molecule has 49 heavy (non-hydrogen) atoms. The van der Waals surface area contributed by atoms with Crippen molar-refractivity contribution in [3.63, 3.8) is 0 Å². The fourth-order valence-electron chi connectivity index (χ4n) is 7.61. The Balaban J connectivity index is 1.08. The number of aliphatic imine (C=N–C) groups is 1. The van der Waals surface area contributed by atoms with Crippen LogP contribution in [0.25, 0.3) is 42.4 Å². The second-order valence-electron chi connectivity index (χ2n) is 12.6. The molecular weight excluding hydrogens is 635 g/mol. The van der Waals surface area contributed by atoms with Crippen LogP contribution in [0.1, 0.15) is 18.4 Å². The van der Waals surface area contributed by atoms with E-state index in [1.54, 1.807) is 0 Å². The normalized spacial score (nSPS) is 18.6. The summed E-state index contributed by atoms with van der Waals surface area (Å²) >= 11 is 3.86. The summed E-state index contributed by atoms with van der Waals surface area (Å²) in [6.07, 6.45) is 12.9. The minimum Gasteiger partial charge on any atom is -0.337 e. The smallest absolute Gasteiger partial charge is 0.156 e. The summed E-state index contributed by atoms with van der Waals surface area (Å²) < 4.78 is 2.65. The van der Waals surface area contributed by atoms with Crippen molar-refractivity contribution in [1.82, 2.24) is 0 Å². The third kappa shape index (κ3) is 5.08. The van der Waals surface area contributed by atoms with E-state index in [0.717, 1.165) is 36.0 Å². The fourth-order valence-corrected chi connectivity index (χ4v) is 10.3. The average molecular weight is 670 g/mol. The number of allylic oxidation sites excluding steroid dienone is 4. The average Bonchev–Trinajstić information content (AvgIpc) is 3.73. The van der Waals surface area contributed by atoms with E-state index in [9.17, 15) is 0 Å². The Morgan fingerprint density at radius 3 is 2.27 bits per heavy atom. The van der Waals surface area contributed by atoms with Gasteiger partial charge in [0.25, 0.3) is 0 Å². The molecule has 1 aromatic heterocycles. The van der Waals surface area contributed by atoms with Crippen LogP contribution in [0.4, 0.5) is 11.4 Å². The Kier molecular flexibility index (Phi) is 7.60. The maximum atomic E-state index is 4.97. The molecule has 0 saturated carbocycles. The number of thioether (sulfide) groups is 1. The summed E-state index contributed by atoms with van der Waals surface area (Å²) in [6, 6.07) is 40.1. The highest BCUT2D eigenvalue weighted by molar-refractivity contribution is 8.00. The van der Waals surface area contributed by atoms with E-state index in [0.29, 0.717) is 11.2 Å². The first kappa shape index (κ1) is 30.0. The Labute approximate surface area is 295 Å². The van der Waals surface area contributed by atoms with Crippen LogP contribution in [0.2, 0.25) is 0 Å². The third-order valence-electron chi connectivity index (χ3n) is 9.85. The molecule has 0 N–H and O–H groups in total. The first-order valence-electron chi connectivity index (χ1n) is 16.9. The number of nitrogens with zero attached hydrogens (tertiary/aromatic N) is 3. The van der Waals surface area contributed by atoms with Crippen molar-refractivity contribution in [2.24, 2.45) is 4.99 Å². The van der Waals surface area contributed by atoms with Crippen molar-refractivity contribution in [3.05, 3.63) is 163 Å². The van der Waals surface area contributed by atoms with Crippen molar-refractivity contribution in [1.29, 1.82) is 0 Å². The van der Waals surface area contributed by atoms with Crippen molar-refractivity contribution in [2.45, 2.75) is 23.0 Å². The van der Waals surface area contributed by atoms with Crippen molar-refractivity contribution in [3.8, 4) is 22.3 Å². The first-order chi connectivity index (χ1) is 24.2. The van der Waals surface area contributed by atoms with Crippen LogP contribution in [0.5, 0.6) is 0 Å². The van der Waals surface area contributed by atoms with Gasteiger partial charge in [-0.1, -0.05) is 110 Å².